The summed E-state index contributed by atoms with van der Waals surface area (Å²) in [6.07, 6.45) is 3.58. The molecule has 2 fully saturated rings. The first kappa shape index (κ1) is 11.9. The van der Waals surface area contributed by atoms with Crippen molar-refractivity contribution >= 4 is 5.69 Å². The van der Waals surface area contributed by atoms with Gasteiger partial charge in [0, 0.05) is 37.4 Å². The van der Waals surface area contributed by atoms with Crippen LogP contribution in [-0.2, 0) is 0 Å². The van der Waals surface area contributed by atoms with Gasteiger partial charge in [-0.15, -0.1) is 0 Å². The highest BCUT2D eigenvalue weighted by Gasteiger charge is 2.28. The molecular weight excluding hydrogens is 234 g/mol. The minimum absolute atomic E-state index is 0.584. The molecule has 0 saturated carbocycles. The van der Waals surface area contributed by atoms with Gasteiger partial charge in [0.25, 0.3) is 0 Å². The van der Waals surface area contributed by atoms with E-state index < -0.39 is 11.6 Å². The van der Waals surface area contributed by atoms with Crippen LogP contribution in [-0.4, -0.2) is 37.1 Å². The second-order valence-corrected chi connectivity index (χ2v) is 5.23. The van der Waals surface area contributed by atoms with E-state index in [0.717, 1.165) is 31.7 Å². The molecular formula is C14H18F2N2. The molecule has 2 aliphatic rings. The zero-order valence-electron chi connectivity index (χ0n) is 10.4. The third-order valence-corrected chi connectivity index (χ3v) is 4.07. The summed E-state index contributed by atoms with van der Waals surface area (Å²) >= 11 is 0. The van der Waals surface area contributed by atoms with Gasteiger partial charge in [-0.25, -0.2) is 8.78 Å². The zero-order valence-corrected chi connectivity index (χ0v) is 10.4. The van der Waals surface area contributed by atoms with Gasteiger partial charge in [0.1, 0.15) is 0 Å². The maximum atomic E-state index is 13.3. The molecule has 0 N–H and O–H groups in total. The summed E-state index contributed by atoms with van der Waals surface area (Å²) in [5, 5.41) is 0. The maximum absolute atomic E-state index is 13.3. The Morgan fingerprint density at radius 2 is 1.83 bits per heavy atom. The second kappa shape index (κ2) is 4.84. The van der Waals surface area contributed by atoms with E-state index in [1.165, 1.54) is 31.5 Å². The highest BCUT2D eigenvalue weighted by Crippen LogP contribution is 2.25. The summed E-state index contributed by atoms with van der Waals surface area (Å²) < 4.78 is 26.3. The molecule has 2 heterocycles. The Kier molecular flexibility index (Phi) is 3.20. The normalized spacial score (nSPS) is 25.0. The monoisotopic (exact) mass is 252 g/mol. The molecule has 0 aromatic heterocycles. The van der Waals surface area contributed by atoms with E-state index in [4.69, 9.17) is 0 Å². The topological polar surface area (TPSA) is 6.48 Å². The standard InChI is InChI=1S/C14H18F2N2/c15-13-5-4-11(9-14(13)16)18-8-2-7-17-6-1-3-12(17)10-18/h4-5,9,12H,1-3,6-8,10H2. The fourth-order valence-electron chi connectivity index (χ4n) is 3.12. The van der Waals surface area contributed by atoms with Crippen molar-refractivity contribution in [3.8, 4) is 0 Å². The Labute approximate surface area is 106 Å². The highest BCUT2D eigenvalue weighted by atomic mass is 19.2. The number of nitrogens with zero attached hydrogens (tertiary/aromatic N) is 2. The Balaban J connectivity index is 1.80. The van der Waals surface area contributed by atoms with Crippen LogP contribution >= 0.6 is 0 Å². The third kappa shape index (κ3) is 2.21. The Bertz CT molecular complexity index is 436. The molecule has 4 heteroatoms. The number of benzene rings is 1. The number of rotatable bonds is 1. The SMILES string of the molecule is Fc1ccc(N2CCCN3CCCC3C2)cc1F. The molecule has 2 nitrogen and oxygen atoms in total. The van der Waals surface area contributed by atoms with Crippen molar-refractivity contribution in [2.24, 2.45) is 0 Å². The average Bonchev–Trinajstić information content (AvgIpc) is 2.70. The second-order valence-electron chi connectivity index (χ2n) is 5.23. The van der Waals surface area contributed by atoms with Crippen molar-refractivity contribution in [2.45, 2.75) is 25.3 Å². The summed E-state index contributed by atoms with van der Waals surface area (Å²) in [4.78, 5) is 4.72. The maximum Gasteiger partial charge on any atom is 0.160 e. The van der Waals surface area contributed by atoms with Gasteiger partial charge < -0.3 is 4.90 Å². The quantitative estimate of drug-likeness (QED) is 0.758. The molecule has 1 aromatic carbocycles. The average molecular weight is 252 g/mol. The number of fused-ring (bicyclic) bond motifs is 1. The van der Waals surface area contributed by atoms with E-state index in [0.29, 0.717) is 6.04 Å². The van der Waals surface area contributed by atoms with Crippen LogP contribution in [0.4, 0.5) is 14.5 Å². The Morgan fingerprint density at radius 3 is 2.67 bits per heavy atom. The number of hydrogen-bond donors (Lipinski definition) is 0. The Hall–Kier alpha value is -1.16. The van der Waals surface area contributed by atoms with Crippen LogP contribution in [0.5, 0.6) is 0 Å². The van der Waals surface area contributed by atoms with E-state index >= 15 is 0 Å². The van der Waals surface area contributed by atoms with Gasteiger partial charge in [-0.1, -0.05) is 0 Å². The van der Waals surface area contributed by atoms with Gasteiger partial charge in [0.05, 0.1) is 0 Å². The van der Waals surface area contributed by atoms with Crippen LogP contribution in [0.25, 0.3) is 0 Å². The van der Waals surface area contributed by atoms with Crippen molar-refractivity contribution in [1.29, 1.82) is 0 Å². The van der Waals surface area contributed by atoms with E-state index in [2.05, 4.69) is 9.80 Å². The molecule has 0 aliphatic carbocycles. The minimum atomic E-state index is -0.768. The number of halogens is 2. The molecule has 3 rings (SSSR count). The van der Waals surface area contributed by atoms with Crippen LogP contribution < -0.4 is 4.90 Å². The molecule has 1 atom stereocenters. The molecule has 2 aliphatic heterocycles. The number of anilines is 1. The van der Waals surface area contributed by atoms with Crippen LogP contribution in [0.3, 0.4) is 0 Å². The zero-order chi connectivity index (χ0) is 12.5. The van der Waals surface area contributed by atoms with Crippen LogP contribution in [0.1, 0.15) is 19.3 Å². The summed E-state index contributed by atoms with van der Waals surface area (Å²) in [5.41, 5.74) is 0.808. The molecule has 0 spiro atoms. The molecule has 0 bridgehead atoms. The van der Waals surface area contributed by atoms with Crippen molar-refractivity contribution < 1.29 is 8.78 Å². The van der Waals surface area contributed by atoms with Crippen LogP contribution in [0.2, 0.25) is 0 Å². The van der Waals surface area contributed by atoms with Gasteiger partial charge >= 0.3 is 0 Å². The predicted octanol–water partition coefficient (Wildman–Crippen LogP) is 2.64. The number of hydrogen-bond acceptors (Lipinski definition) is 2. The lowest BCUT2D eigenvalue weighted by atomic mass is 10.2. The molecule has 1 unspecified atom stereocenters. The lowest BCUT2D eigenvalue weighted by Crippen LogP contribution is -2.36. The summed E-state index contributed by atoms with van der Waals surface area (Å²) in [5.74, 6) is -1.52. The van der Waals surface area contributed by atoms with Gasteiger partial charge in [-0.05, 0) is 37.9 Å². The van der Waals surface area contributed by atoms with E-state index in [-0.39, 0.29) is 0 Å². The van der Waals surface area contributed by atoms with Gasteiger partial charge in [0.15, 0.2) is 11.6 Å². The minimum Gasteiger partial charge on any atom is -0.370 e. The van der Waals surface area contributed by atoms with Gasteiger partial charge in [-0.2, -0.15) is 0 Å². The first-order valence-corrected chi connectivity index (χ1v) is 6.68. The van der Waals surface area contributed by atoms with E-state index in [9.17, 15) is 8.78 Å². The highest BCUT2D eigenvalue weighted by molar-refractivity contribution is 5.47. The fourth-order valence-corrected chi connectivity index (χ4v) is 3.12. The molecule has 0 amide bonds. The van der Waals surface area contributed by atoms with Crippen LogP contribution in [0, 0.1) is 11.6 Å². The largest absolute Gasteiger partial charge is 0.370 e. The van der Waals surface area contributed by atoms with Crippen molar-refractivity contribution in [2.75, 3.05) is 31.1 Å². The van der Waals surface area contributed by atoms with E-state index in [1.807, 2.05) is 0 Å². The molecule has 1 aromatic rings. The molecule has 98 valence electrons. The predicted molar refractivity (Wildman–Crippen MR) is 67.8 cm³/mol. The van der Waals surface area contributed by atoms with E-state index in [1.54, 1.807) is 6.07 Å². The van der Waals surface area contributed by atoms with Crippen molar-refractivity contribution in [1.82, 2.24) is 4.90 Å². The van der Waals surface area contributed by atoms with Gasteiger partial charge in [-0.3, -0.25) is 4.90 Å². The summed E-state index contributed by atoms with van der Waals surface area (Å²) in [6.45, 7) is 4.18. The lowest BCUT2D eigenvalue weighted by Gasteiger charge is -2.27. The summed E-state index contributed by atoms with van der Waals surface area (Å²) in [6, 6.07) is 4.81. The molecule has 2 saturated heterocycles. The third-order valence-electron chi connectivity index (χ3n) is 4.07. The fraction of sp³-hybridized carbons (Fsp3) is 0.571. The first-order chi connectivity index (χ1) is 8.74. The smallest absolute Gasteiger partial charge is 0.160 e. The summed E-state index contributed by atoms with van der Waals surface area (Å²) in [7, 11) is 0. The first-order valence-electron chi connectivity index (χ1n) is 6.68. The Morgan fingerprint density at radius 1 is 1.00 bits per heavy atom. The van der Waals surface area contributed by atoms with Gasteiger partial charge in [0.2, 0.25) is 0 Å². The van der Waals surface area contributed by atoms with Crippen molar-refractivity contribution in [3.05, 3.63) is 29.8 Å². The van der Waals surface area contributed by atoms with Crippen LogP contribution in [0.15, 0.2) is 18.2 Å². The van der Waals surface area contributed by atoms with Crippen molar-refractivity contribution in [3.63, 3.8) is 0 Å². The molecule has 0 radical (unpaired) electrons. The molecule has 18 heavy (non-hydrogen) atoms. The lowest BCUT2D eigenvalue weighted by molar-refractivity contribution is 0.273.